The number of nitrogens with one attached hydrogen (secondary N) is 3. The lowest BCUT2D eigenvalue weighted by Gasteiger charge is -2.25. The van der Waals surface area contributed by atoms with Crippen LogP contribution in [-0.4, -0.2) is 69.6 Å². The first-order chi connectivity index (χ1) is 22.0. The number of nitro groups is 1. The summed E-state index contributed by atoms with van der Waals surface area (Å²) >= 11 is 0. The van der Waals surface area contributed by atoms with Crippen LogP contribution in [0.5, 0.6) is 11.5 Å². The van der Waals surface area contributed by atoms with E-state index in [2.05, 4.69) is 16.0 Å². The highest BCUT2D eigenvalue weighted by Crippen LogP contribution is 2.30. The van der Waals surface area contributed by atoms with Gasteiger partial charge in [-0.15, -0.1) is 0 Å². The van der Waals surface area contributed by atoms with Crippen molar-refractivity contribution in [1.29, 1.82) is 0 Å². The van der Waals surface area contributed by atoms with Crippen LogP contribution >= 0.6 is 0 Å². The summed E-state index contributed by atoms with van der Waals surface area (Å²) in [5, 5.41) is 38.5. The van der Waals surface area contributed by atoms with Crippen LogP contribution in [0.25, 0.3) is 0 Å². The smallest absolute Gasteiger partial charge is 0.310 e. The fourth-order valence-corrected chi connectivity index (χ4v) is 5.65. The van der Waals surface area contributed by atoms with Crippen molar-refractivity contribution in [3.63, 3.8) is 0 Å². The zero-order valence-corrected chi connectivity index (χ0v) is 24.5. The number of ether oxygens (including phenoxy) is 1. The first kappa shape index (κ1) is 31.9. The van der Waals surface area contributed by atoms with E-state index in [1.54, 1.807) is 12.1 Å². The highest BCUT2D eigenvalue weighted by Gasteiger charge is 2.51. The molecular formula is C32H33N5O9. The minimum Gasteiger partial charge on any atom is -0.508 e. The first-order valence-electron chi connectivity index (χ1n) is 14.6. The summed E-state index contributed by atoms with van der Waals surface area (Å²) < 4.78 is 5.31. The Kier molecular flexibility index (Phi) is 9.47. The molecule has 7 N–H and O–H groups in total. The summed E-state index contributed by atoms with van der Waals surface area (Å²) in [5.41, 5.74) is 8.30. The van der Waals surface area contributed by atoms with E-state index in [4.69, 9.17) is 10.5 Å². The van der Waals surface area contributed by atoms with Crippen LogP contribution in [0.1, 0.15) is 22.3 Å². The van der Waals surface area contributed by atoms with Gasteiger partial charge in [-0.1, -0.05) is 42.5 Å². The molecule has 1 aliphatic heterocycles. The van der Waals surface area contributed by atoms with E-state index < -0.39 is 64.3 Å². The number of hydrogen-bond acceptors (Lipinski definition) is 9. The number of hydrogen-bond donors (Lipinski definition) is 6. The maximum absolute atomic E-state index is 13.6. The van der Waals surface area contributed by atoms with Crippen molar-refractivity contribution in [3.8, 4) is 11.5 Å². The van der Waals surface area contributed by atoms with Gasteiger partial charge in [-0.25, -0.2) is 0 Å². The number of rotatable bonds is 13. The van der Waals surface area contributed by atoms with Gasteiger partial charge in [-0.05, 0) is 65.6 Å². The van der Waals surface area contributed by atoms with E-state index in [0.29, 0.717) is 19.3 Å². The van der Waals surface area contributed by atoms with E-state index >= 15 is 0 Å². The quantitative estimate of drug-likeness (QED) is 0.0878. The van der Waals surface area contributed by atoms with E-state index in [0.717, 1.165) is 28.8 Å². The van der Waals surface area contributed by atoms with Gasteiger partial charge in [0.2, 0.25) is 11.8 Å². The van der Waals surface area contributed by atoms with Crippen LogP contribution in [-0.2, 0) is 49.6 Å². The zero-order valence-electron chi connectivity index (χ0n) is 24.5. The largest absolute Gasteiger partial charge is 0.508 e. The second kappa shape index (κ2) is 13.6. The Morgan fingerprint density at radius 3 is 2.17 bits per heavy atom. The number of benzene rings is 3. The second-order valence-electron chi connectivity index (χ2n) is 11.4. The molecule has 2 aliphatic rings. The number of primary amides is 1. The molecule has 4 amide bonds. The topological polar surface area (TPSA) is 227 Å². The average Bonchev–Trinajstić information content (AvgIpc) is 3.72. The van der Waals surface area contributed by atoms with Crippen LogP contribution in [0.4, 0.5) is 5.69 Å². The maximum atomic E-state index is 13.6. The van der Waals surface area contributed by atoms with Gasteiger partial charge in [0.25, 0.3) is 11.8 Å². The third-order valence-electron chi connectivity index (χ3n) is 8.13. The monoisotopic (exact) mass is 631 g/mol. The molecule has 0 bridgehead atoms. The lowest BCUT2D eigenvalue weighted by Crippen LogP contribution is -2.56. The summed E-state index contributed by atoms with van der Waals surface area (Å²) in [5.74, 6) is -3.59. The molecule has 0 radical (unpaired) electrons. The van der Waals surface area contributed by atoms with Gasteiger partial charge in [0.05, 0.1) is 4.92 Å². The third kappa shape index (κ3) is 7.58. The number of nitrogens with two attached hydrogens (primary N) is 1. The molecule has 0 aromatic heterocycles. The molecule has 1 fully saturated rings. The van der Waals surface area contributed by atoms with E-state index in [1.807, 2.05) is 24.3 Å². The highest BCUT2D eigenvalue weighted by molar-refractivity contribution is 5.98. The van der Waals surface area contributed by atoms with E-state index in [9.17, 15) is 39.5 Å². The van der Waals surface area contributed by atoms with Gasteiger partial charge in [0.1, 0.15) is 17.8 Å². The number of fused-ring (bicyclic) bond motifs is 1. The molecule has 3 aromatic carbocycles. The Morgan fingerprint density at radius 2 is 1.54 bits per heavy atom. The normalized spacial score (nSPS) is 18.1. The Morgan fingerprint density at radius 1 is 0.913 bits per heavy atom. The molecule has 1 heterocycles. The third-order valence-corrected chi connectivity index (χ3v) is 8.13. The summed E-state index contributed by atoms with van der Waals surface area (Å²) in [7, 11) is 0. The fraction of sp³-hybridized carbons (Fsp3) is 0.312. The van der Waals surface area contributed by atoms with Gasteiger partial charge in [-0.3, -0.25) is 29.3 Å². The SMILES string of the molecule is NC(=O)[C@H](NC(=O)[C@@H](Cc1ccc(O)c([N+](=O)[O-])c1)NC(=O)[C@H]1OC1C(=O)NCCc1ccc(O)cc1)C1Cc2ccccc2C1. The number of phenolic OH excluding ortho intramolecular Hbond substituents is 2. The summed E-state index contributed by atoms with van der Waals surface area (Å²) in [6, 6.07) is 15.3. The van der Waals surface area contributed by atoms with Crippen molar-refractivity contribution in [2.24, 2.45) is 11.7 Å². The highest BCUT2D eigenvalue weighted by atomic mass is 16.6. The van der Waals surface area contributed by atoms with Gasteiger partial charge >= 0.3 is 5.69 Å². The van der Waals surface area contributed by atoms with Crippen LogP contribution in [0.2, 0.25) is 0 Å². The molecule has 4 atom stereocenters. The summed E-state index contributed by atoms with van der Waals surface area (Å²) in [4.78, 5) is 62.5. The molecule has 46 heavy (non-hydrogen) atoms. The molecule has 0 saturated carbocycles. The number of aromatic hydroxyl groups is 2. The Balaban J connectivity index is 1.25. The average molecular weight is 632 g/mol. The predicted molar refractivity (Wildman–Crippen MR) is 162 cm³/mol. The number of nitro benzene ring substituents is 1. The number of nitrogens with zero attached hydrogens (tertiary/aromatic N) is 1. The van der Waals surface area contributed by atoms with Crippen molar-refractivity contribution in [3.05, 3.63) is 99.1 Å². The fourth-order valence-electron chi connectivity index (χ4n) is 5.65. The lowest BCUT2D eigenvalue weighted by atomic mass is 9.95. The number of epoxide rings is 1. The Bertz CT molecular complexity index is 1640. The Hall–Kier alpha value is -5.50. The minimum absolute atomic E-state index is 0.123. The van der Waals surface area contributed by atoms with Gasteiger partial charge in [0.15, 0.2) is 18.0 Å². The zero-order chi connectivity index (χ0) is 33.0. The molecule has 240 valence electrons. The molecule has 1 unspecified atom stereocenters. The number of carbonyl (C=O) groups excluding carboxylic acids is 4. The molecular weight excluding hydrogens is 598 g/mol. The first-order valence-corrected chi connectivity index (χ1v) is 14.6. The van der Waals surface area contributed by atoms with Crippen LogP contribution < -0.4 is 21.7 Å². The van der Waals surface area contributed by atoms with E-state index in [1.165, 1.54) is 18.2 Å². The van der Waals surface area contributed by atoms with Gasteiger partial charge in [-0.2, -0.15) is 0 Å². The second-order valence-corrected chi connectivity index (χ2v) is 11.4. The molecule has 14 heteroatoms. The lowest BCUT2D eigenvalue weighted by molar-refractivity contribution is -0.385. The van der Waals surface area contributed by atoms with Gasteiger partial charge in [0, 0.05) is 19.0 Å². The van der Waals surface area contributed by atoms with Crippen molar-refractivity contribution in [1.82, 2.24) is 16.0 Å². The van der Waals surface area contributed by atoms with Crippen molar-refractivity contribution < 1.29 is 39.1 Å². The van der Waals surface area contributed by atoms with Crippen LogP contribution in [0.3, 0.4) is 0 Å². The summed E-state index contributed by atoms with van der Waals surface area (Å²) in [6.45, 7) is 0.252. The van der Waals surface area contributed by atoms with Crippen LogP contribution in [0.15, 0.2) is 66.7 Å². The molecule has 14 nitrogen and oxygen atoms in total. The van der Waals surface area contributed by atoms with Crippen molar-refractivity contribution >= 4 is 29.3 Å². The maximum Gasteiger partial charge on any atom is 0.310 e. The number of amides is 4. The summed E-state index contributed by atoms with van der Waals surface area (Å²) in [6.07, 6.45) is -1.03. The van der Waals surface area contributed by atoms with Gasteiger partial charge < -0.3 is 36.6 Å². The number of phenols is 2. The minimum atomic E-state index is -1.34. The van der Waals surface area contributed by atoms with Crippen molar-refractivity contribution in [2.75, 3.05) is 6.54 Å². The molecule has 5 rings (SSSR count). The molecule has 1 aliphatic carbocycles. The van der Waals surface area contributed by atoms with Crippen molar-refractivity contribution in [2.45, 2.75) is 50.0 Å². The predicted octanol–water partition coefficient (Wildman–Crippen LogP) is 0.545. The Labute approximate surface area is 263 Å². The van der Waals surface area contributed by atoms with Crippen LogP contribution in [0, 0.1) is 16.0 Å². The molecule has 0 spiro atoms. The van der Waals surface area contributed by atoms with E-state index in [-0.39, 0.29) is 30.2 Å². The molecule has 3 aromatic rings. The number of carbonyl (C=O) groups is 4. The molecule has 1 saturated heterocycles. The standard InChI is InChI=1S/C32H33N5O9/c33-29(40)26(21-15-19-3-1-2-4-20(19)16-21)36-30(41)23(13-18-7-10-25(39)24(14-18)37(44)45)35-32(43)28-27(46-28)31(42)34-12-11-17-5-8-22(38)9-6-17/h1-10,14,21,23,26-28,38-39H,11-13,15-16H2,(H2,33,40)(H,34,42)(H,35,43)(H,36,41)/t23-,26-,27?,28+/m1/s1.